The third-order valence-corrected chi connectivity index (χ3v) is 5.43. The number of benzene rings is 2. The van der Waals surface area contributed by atoms with Gasteiger partial charge in [0.15, 0.2) is 0 Å². The zero-order chi connectivity index (χ0) is 18.6. The van der Waals surface area contributed by atoms with Crippen LogP contribution in [0.1, 0.15) is 21.7 Å². The molecule has 0 atom stereocenters. The van der Waals surface area contributed by atoms with Crippen molar-refractivity contribution in [1.82, 2.24) is 0 Å². The number of nitrogens with zero attached hydrogens (tertiary/aromatic N) is 1. The Morgan fingerprint density at radius 3 is 2.52 bits per heavy atom. The van der Waals surface area contributed by atoms with Crippen molar-refractivity contribution in [3.8, 4) is 0 Å². The summed E-state index contributed by atoms with van der Waals surface area (Å²) >= 11 is 1.29. The number of nitrogens with one attached hydrogen (secondary N) is 2. The number of carbonyl (C=O) groups is 2. The number of anilines is 3. The molecular weight excluding hydrogens is 358 g/mol. The average molecular weight is 377 g/mol. The van der Waals surface area contributed by atoms with Crippen LogP contribution in [0.25, 0.3) is 0 Å². The van der Waals surface area contributed by atoms with E-state index in [9.17, 15) is 9.59 Å². The molecule has 4 rings (SSSR count). The van der Waals surface area contributed by atoms with Crippen molar-refractivity contribution in [2.24, 2.45) is 0 Å². The van der Waals surface area contributed by atoms with Gasteiger partial charge < -0.3 is 10.2 Å². The summed E-state index contributed by atoms with van der Waals surface area (Å²) < 4.78 is 0. The molecule has 3 aromatic rings. The highest BCUT2D eigenvalue weighted by molar-refractivity contribution is 7.18. The summed E-state index contributed by atoms with van der Waals surface area (Å²) in [6.07, 6.45) is 1.95. The molecule has 2 heterocycles. The van der Waals surface area contributed by atoms with Crippen LogP contribution in [-0.2, 0) is 6.42 Å². The molecule has 2 N–H and O–H groups in total. The molecule has 0 unspecified atom stereocenters. The lowest BCUT2D eigenvalue weighted by Gasteiger charge is -2.29. The summed E-state index contributed by atoms with van der Waals surface area (Å²) in [5.74, 6) is -0.0244. The number of hydrogen-bond donors (Lipinski definition) is 2. The molecule has 0 radical (unpaired) electrons. The molecule has 1 aliphatic heterocycles. The Kier molecular flexibility index (Phi) is 4.89. The van der Waals surface area contributed by atoms with Gasteiger partial charge in [-0.2, -0.15) is 0 Å². The molecule has 1 aromatic heterocycles. The lowest BCUT2D eigenvalue weighted by molar-refractivity contribution is 0.0989. The molecule has 1 aliphatic rings. The van der Waals surface area contributed by atoms with E-state index in [0.29, 0.717) is 22.1 Å². The Balaban J connectivity index is 1.45. The van der Waals surface area contributed by atoms with E-state index in [1.54, 1.807) is 12.1 Å². The largest absolute Gasteiger partial charge is 0.324 e. The SMILES string of the molecule is O=C(Nc1ccccc1)Nc1ccc(C(=O)N2CCCc3ccccc32)s1. The molecule has 0 bridgehead atoms. The maximum Gasteiger partial charge on any atom is 0.324 e. The van der Waals surface area contributed by atoms with Crippen molar-refractivity contribution in [3.63, 3.8) is 0 Å². The van der Waals surface area contributed by atoms with Crippen LogP contribution in [0.5, 0.6) is 0 Å². The average Bonchev–Trinajstić information content (AvgIpc) is 3.16. The first-order chi connectivity index (χ1) is 13.2. The number of aryl methyl sites for hydroxylation is 1. The van der Waals surface area contributed by atoms with Crippen LogP contribution in [0.15, 0.2) is 66.7 Å². The van der Waals surface area contributed by atoms with Crippen LogP contribution < -0.4 is 15.5 Å². The Morgan fingerprint density at radius 2 is 1.67 bits per heavy atom. The second-order valence-corrected chi connectivity index (χ2v) is 7.38. The van der Waals surface area contributed by atoms with Crippen molar-refractivity contribution in [2.45, 2.75) is 12.8 Å². The molecule has 5 nitrogen and oxygen atoms in total. The first-order valence-corrected chi connectivity index (χ1v) is 9.65. The quantitative estimate of drug-likeness (QED) is 0.676. The van der Waals surface area contributed by atoms with Gasteiger partial charge in [0.25, 0.3) is 5.91 Å². The summed E-state index contributed by atoms with van der Waals surface area (Å²) in [6, 6.07) is 20.5. The molecule has 27 heavy (non-hydrogen) atoms. The predicted octanol–water partition coefficient (Wildman–Crippen LogP) is 4.99. The topological polar surface area (TPSA) is 61.4 Å². The molecule has 136 valence electrons. The van der Waals surface area contributed by atoms with E-state index in [2.05, 4.69) is 16.7 Å². The molecule has 3 amide bonds. The van der Waals surface area contributed by atoms with Crippen molar-refractivity contribution >= 4 is 39.7 Å². The molecule has 0 fully saturated rings. The summed E-state index contributed by atoms with van der Waals surface area (Å²) in [5, 5.41) is 6.19. The summed E-state index contributed by atoms with van der Waals surface area (Å²) in [6.45, 7) is 0.713. The van der Waals surface area contributed by atoms with Crippen LogP contribution in [0.3, 0.4) is 0 Å². The minimum Gasteiger partial charge on any atom is -0.308 e. The summed E-state index contributed by atoms with van der Waals surface area (Å²) in [7, 11) is 0. The second kappa shape index (κ2) is 7.63. The number of carbonyl (C=O) groups excluding carboxylic acids is 2. The molecule has 0 saturated carbocycles. The zero-order valence-corrected chi connectivity index (χ0v) is 15.5. The Labute approximate surface area is 161 Å². The lowest BCUT2D eigenvalue weighted by Crippen LogP contribution is -2.34. The number of para-hydroxylation sites is 2. The maximum absolute atomic E-state index is 13.0. The van der Waals surface area contributed by atoms with E-state index in [4.69, 9.17) is 0 Å². The Morgan fingerprint density at radius 1 is 0.889 bits per heavy atom. The molecule has 0 aliphatic carbocycles. The van der Waals surface area contributed by atoms with E-state index in [-0.39, 0.29) is 11.9 Å². The highest BCUT2D eigenvalue weighted by atomic mass is 32.1. The standard InChI is InChI=1S/C21H19N3O2S/c25-20(24-14-6-8-15-7-4-5-11-17(15)24)18-12-13-19(27-18)23-21(26)22-16-9-2-1-3-10-16/h1-5,7,9-13H,6,8,14H2,(H2,22,23,26). The van der Waals surface area contributed by atoms with Crippen molar-refractivity contribution in [2.75, 3.05) is 22.1 Å². The van der Waals surface area contributed by atoms with Crippen LogP contribution in [0.2, 0.25) is 0 Å². The fourth-order valence-electron chi connectivity index (χ4n) is 3.19. The van der Waals surface area contributed by atoms with Gasteiger partial charge in [-0.05, 0) is 48.7 Å². The van der Waals surface area contributed by atoms with Gasteiger partial charge in [-0.25, -0.2) is 4.79 Å². The molecular formula is C21H19N3O2S. The van der Waals surface area contributed by atoms with Crippen LogP contribution >= 0.6 is 11.3 Å². The normalized spacial score (nSPS) is 13.0. The number of fused-ring (bicyclic) bond motifs is 1. The van der Waals surface area contributed by atoms with Gasteiger partial charge in [-0.1, -0.05) is 36.4 Å². The van der Waals surface area contributed by atoms with Gasteiger partial charge in [0.1, 0.15) is 0 Å². The van der Waals surface area contributed by atoms with Gasteiger partial charge >= 0.3 is 6.03 Å². The van der Waals surface area contributed by atoms with E-state index >= 15 is 0 Å². The molecule has 0 spiro atoms. The third kappa shape index (κ3) is 3.85. The number of hydrogen-bond acceptors (Lipinski definition) is 3. The third-order valence-electron chi connectivity index (χ3n) is 4.44. The second-order valence-electron chi connectivity index (χ2n) is 6.30. The van der Waals surface area contributed by atoms with Gasteiger partial charge in [0, 0.05) is 17.9 Å². The smallest absolute Gasteiger partial charge is 0.308 e. The summed E-state index contributed by atoms with van der Waals surface area (Å²) in [4.78, 5) is 27.5. The van der Waals surface area contributed by atoms with Gasteiger partial charge in [-0.15, -0.1) is 11.3 Å². The Hall–Kier alpha value is -3.12. The monoisotopic (exact) mass is 377 g/mol. The van der Waals surface area contributed by atoms with E-state index in [0.717, 1.165) is 18.5 Å². The highest BCUT2D eigenvalue weighted by Crippen LogP contribution is 2.30. The van der Waals surface area contributed by atoms with E-state index in [1.165, 1.54) is 16.9 Å². The fourth-order valence-corrected chi connectivity index (χ4v) is 4.04. The van der Waals surface area contributed by atoms with Crippen molar-refractivity contribution in [1.29, 1.82) is 0 Å². The van der Waals surface area contributed by atoms with Gasteiger partial charge in [-0.3, -0.25) is 10.1 Å². The van der Waals surface area contributed by atoms with Crippen molar-refractivity contribution < 1.29 is 9.59 Å². The molecule has 0 saturated heterocycles. The van der Waals surface area contributed by atoms with Gasteiger partial charge in [0.2, 0.25) is 0 Å². The summed E-state index contributed by atoms with van der Waals surface area (Å²) in [5.41, 5.74) is 2.90. The van der Waals surface area contributed by atoms with Gasteiger partial charge in [0.05, 0.1) is 9.88 Å². The first-order valence-electron chi connectivity index (χ1n) is 8.83. The minimum absolute atomic E-state index is 0.0244. The molecule has 6 heteroatoms. The van der Waals surface area contributed by atoms with Crippen LogP contribution in [0, 0.1) is 0 Å². The number of thiophene rings is 1. The Bertz CT molecular complexity index is 968. The number of amides is 3. The first kappa shape index (κ1) is 17.3. The van der Waals surface area contributed by atoms with Crippen molar-refractivity contribution in [3.05, 3.63) is 77.2 Å². The highest BCUT2D eigenvalue weighted by Gasteiger charge is 2.24. The van der Waals surface area contributed by atoms with E-state index < -0.39 is 0 Å². The lowest BCUT2D eigenvalue weighted by atomic mass is 10.0. The fraction of sp³-hybridized carbons (Fsp3) is 0.143. The van der Waals surface area contributed by atoms with Crippen LogP contribution in [-0.4, -0.2) is 18.5 Å². The molecule has 2 aromatic carbocycles. The zero-order valence-electron chi connectivity index (χ0n) is 14.6. The minimum atomic E-state index is -0.328. The number of rotatable bonds is 3. The van der Waals surface area contributed by atoms with E-state index in [1.807, 2.05) is 53.4 Å². The number of urea groups is 1. The maximum atomic E-state index is 13.0. The van der Waals surface area contributed by atoms with Crippen LogP contribution in [0.4, 0.5) is 21.2 Å². The predicted molar refractivity (Wildman–Crippen MR) is 110 cm³/mol.